The molecule has 3 aromatic rings. The van der Waals surface area contributed by atoms with Gasteiger partial charge in [-0.3, -0.25) is 4.79 Å². The van der Waals surface area contributed by atoms with Gasteiger partial charge in [0.2, 0.25) is 5.95 Å². The number of carbonyl (C=O) groups is 1. The Bertz CT molecular complexity index is 896. The zero-order valence-electron chi connectivity index (χ0n) is 14.6. The molecule has 0 aliphatic carbocycles. The zero-order chi connectivity index (χ0) is 18.4. The van der Waals surface area contributed by atoms with Gasteiger partial charge in [-0.2, -0.15) is 10.1 Å². The summed E-state index contributed by atoms with van der Waals surface area (Å²) in [6.07, 6.45) is 1.54. The molecule has 1 heterocycles. The number of aromatic nitrogens is 3. The molecule has 0 aliphatic rings. The van der Waals surface area contributed by atoms with Crippen LogP contribution < -0.4 is 15.4 Å². The molecule has 0 saturated heterocycles. The second kappa shape index (κ2) is 8.06. The monoisotopic (exact) mass is 349 g/mol. The first-order valence-electron chi connectivity index (χ1n) is 8.21. The molecule has 0 fully saturated rings. The Balaban J connectivity index is 1.71. The number of Topliss-reactive ketones (excluding diaryl/α,β-unsaturated/α-hetero) is 1. The number of benzene rings is 2. The summed E-state index contributed by atoms with van der Waals surface area (Å²) < 4.78 is 5.42. The number of nitrogens with one attached hydrogen (secondary N) is 2. The van der Waals surface area contributed by atoms with E-state index in [0.29, 0.717) is 23.9 Å². The molecular formula is C19H19N5O2. The SMILES string of the molecule is CCOc1ccc(Nc2cnnc(Nc3cccc(C(C)=O)c3)n2)cc1. The quantitative estimate of drug-likeness (QED) is 0.624. The highest BCUT2D eigenvalue weighted by Gasteiger charge is 2.05. The summed E-state index contributed by atoms with van der Waals surface area (Å²) in [6.45, 7) is 4.10. The first-order chi connectivity index (χ1) is 12.6. The molecule has 26 heavy (non-hydrogen) atoms. The zero-order valence-corrected chi connectivity index (χ0v) is 14.6. The van der Waals surface area contributed by atoms with Crippen LogP contribution in [0.1, 0.15) is 24.2 Å². The van der Waals surface area contributed by atoms with Crippen molar-refractivity contribution in [1.82, 2.24) is 15.2 Å². The normalized spacial score (nSPS) is 10.2. The van der Waals surface area contributed by atoms with Gasteiger partial charge >= 0.3 is 0 Å². The first kappa shape index (κ1) is 17.3. The standard InChI is InChI=1S/C19H19N5O2/c1-3-26-17-9-7-15(8-10-17)21-18-12-20-24-19(23-18)22-16-6-4-5-14(11-16)13(2)25/h4-12H,3H2,1-2H3,(H2,21,22,23,24). The molecule has 0 aliphatic heterocycles. The smallest absolute Gasteiger partial charge is 0.249 e. The van der Waals surface area contributed by atoms with E-state index < -0.39 is 0 Å². The largest absolute Gasteiger partial charge is 0.494 e. The van der Waals surface area contributed by atoms with Crippen molar-refractivity contribution >= 4 is 28.9 Å². The summed E-state index contributed by atoms with van der Waals surface area (Å²) in [5.41, 5.74) is 2.20. The summed E-state index contributed by atoms with van der Waals surface area (Å²) in [7, 11) is 0. The number of nitrogens with zero attached hydrogens (tertiary/aromatic N) is 3. The lowest BCUT2D eigenvalue weighted by atomic mass is 10.1. The second-order valence-electron chi connectivity index (χ2n) is 5.51. The third-order valence-corrected chi connectivity index (χ3v) is 3.52. The van der Waals surface area contributed by atoms with Crippen molar-refractivity contribution in [2.75, 3.05) is 17.2 Å². The van der Waals surface area contributed by atoms with E-state index in [1.807, 2.05) is 37.3 Å². The van der Waals surface area contributed by atoms with Crippen molar-refractivity contribution < 1.29 is 9.53 Å². The van der Waals surface area contributed by atoms with E-state index in [0.717, 1.165) is 17.1 Å². The van der Waals surface area contributed by atoms with Gasteiger partial charge in [0, 0.05) is 16.9 Å². The van der Waals surface area contributed by atoms with E-state index in [1.165, 1.54) is 13.1 Å². The summed E-state index contributed by atoms with van der Waals surface area (Å²) >= 11 is 0. The minimum Gasteiger partial charge on any atom is -0.494 e. The van der Waals surface area contributed by atoms with E-state index in [4.69, 9.17) is 4.74 Å². The predicted molar refractivity (Wildman–Crippen MR) is 100 cm³/mol. The molecule has 2 N–H and O–H groups in total. The fraction of sp³-hybridized carbons (Fsp3) is 0.158. The molecule has 0 saturated carbocycles. The topological polar surface area (TPSA) is 89.0 Å². The Morgan fingerprint density at radius 3 is 2.62 bits per heavy atom. The summed E-state index contributed by atoms with van der Waals surface area (Å²) in [6, 6.07) is 14.7. The summed E-state index contributed by atoms with van der Waals surface area (Å²) in [5, 5.41) is 14.1. The maximum absolute atomic E-state index is 11.5. The predicted octanol–water partition coefficient (Wildman–Crippen LogP) is 3.96. The maximum Gasteiger partial charge on any atom is 0.249 e. The lowest BCUT2D eigenvalue weighted by Gasteiger charge is -2.09. The fourth-order valence-electron chi connectivity index (χ4n) is 2.31. The van der Waals surface area contributed by atoms with Crippen LogP contribution in [0, 0.1) is 0 Å². The van der Waals surface area contributed by atoms with Crippen LogP contribution in [0.2, 0.25) is 0 Å². The van der Waals surface area contributed by atoms with Crippen molar-refractivity contribution in [2.24, 2.45) is 0 Å². The van der Waals surface area contributed by atoms with Crippen molar-refractivity contribution in [3.05, 3.63) is 60.3 Å². The number of ether oxygens (including phenoxy) is 1. The second-order valence-corrected chi connectivity index (χ2v) is 5.51. The van der Waals surface area contributed by atoms with E-state index in [-0.39, 0.29) is 5.78 Å². The first-order valence-corrected chi connectivity index (χ1v) is 8.21. The molecule has 1 aromatic heterocycles. The molecule has 0 radical (unpaired) electrons. The van der Waals surface area contributed by atoms with Gasteiger partial charge in [-0.1, -0.05) is 12.1 Å². The van der Waals surface area contributed by atoms with E-state index >= 15 is 0 Å². The van der Waals surface area contributed by atoms with Crippen LogP contribution >= 0.6 is 0 Å². The molecule has 0 atom stereocenters. The van der Waals surface area contributed by atoms with Crippen LogP contribution in [0.15, 0.2) is 54.7 Å². The average molecular weight is 349 g/mol. The van der Waals surface area contributed by atoms with Crippen LogP contribution in [0.25, 0.3) is 0 Å². The van der Waals surface area contributed by atoms with E-state index in [9.17, 15) is 4.79 Å². The molecule has 3 rings (SSSR count). The van der Waals surface area contributed by atoms with Crippen molar-refractivity contribution in [1.29, 1.82) is 0 Å². The molecule has 7 heteroatoms. The number of hydrogen-bond donors (Lipinski definition) is 2. The maximum atomic E-state index is 11.5. The van der Waals surface area contributed by atoms with Crippen molar-refractivity contribution in [2.45, 2.75) is 13.8 Å². The fourth-order valence-corrected chi connectivity index (χ4v) is 2.31. The summed E-state index contributed by atoms with van der Waals surface area (Å²) in [4.78, 5) is 15.9. The molecule has 0 bridgehead atoms. The summed E-state index contributed by atoms with van der Waals surface area (Å²) in [5.74, 6) is 1.70. The number of anilines is 4. The van der Waals surface area contributed by atoms with Gasteiger partial charge in [0.1, 0.15) is 5.75 Å². The molecule has 132 valence electrons. The Hall–Kier alpha value is -3.48. The van der Waals surface area contributed by atoms with Gasteiger partial charge in [-0.15, -0.1) is 5.10 Å². The number of ketones is 1. The van der Waals surface area contributed by atoms with Crippen LogP contribution in [0.3, 0.4) is 0 Å². The number of hydrogen-bond acceptors (Lipinski definition) is 7. The molecular weight excluding hydrogens is 330 g/mol. The molecule has 0 amide bonds. The Kier molecular flexibility index (Phi) is 5.38. The van der Waals surface area contributed by atoms with Crippen molar-refractivity contribution in [3.63, 3.8) is 0 Å². The highest BCUT2D eigenvalue weighted by Crippen LogP contribution is 2.20. The lowest BCUT2D eigenvalue weighted by molar-refractivity contribution is 0.101. The molecule has 7 nitrogen and oxygen atoms in total. The number of carbonyl (C=O) groups excluding carboxylic acids is 1. The van der Waals surface area contributed by atoms with Crippen LogP contribution in [0.4, 0.5) is 23.1 Å². The Morgan fingerprint density at radius 1 is 1.08 bits per heavy atom. The van der Waals surface area contributed by atoms with Gasteiger partial charge in [-0.05, 0) is 50.2 Å². The molecule has 2 aromatic carbocycles. The van der Waals surface area contributed by atoms with Crippen LogP contribution in [0.5, 0.6) is 5.75 Å². The highest BCUT2D eigenvalue weighted by atomic mass is 16.5. The van der Waals surface area contributed by atoms with Crippen molar-refractivity contribution in [3.8, 4) is 5.75 Å². The molecule has 0 unspecified atom stereocenters. The van der Waals surface area contributed by atoms with Gasteiger partial charge < -0.3 is 15.4 Å². The van der Waals surface area contributed by atoms with Crippen LogP contribution in [-0.2, 0) is 0 Å². The Morgan fingerprint density at radius 2 is 1.88 bits per heavy atom. The van der Waals surface area contributed by atoms with E-state index in [1.54, 1.807) is 18.2 Å². The van der Waals surface area contributed by atoms with Gasteiger partial charge in [0.05, 0.1) is 12.8 Å². The third-order valence-electron chi connectivity index (χ3n) is 3.52. The molecule has 0 spiro atoms. The Labute approximate surface area is 151 Å². The minimum atomic E-state index is -0.00129. The van der Waals surface area contributed by atoms with Crippen LogP contribution in [-0.4, -0.2) is 27.6 Å². The highest BCUT2D eigenvalue weighted by molar-refractivity contribution is 5.95. The van der Waals surface area contributed by atoms with Gasteiger partial charge in [0.15, 0.2) is 11.6 Å². The van der Waals surface area contributed by atoms with E-state index in [2.05, 4.69) is 25.8 Å². The van der Waals surface area contributed by atoms with Gasteiger partial charge in [0.25, 0.3) is 0 Å². The van der Waals surface area contributed by atoms with Gasteiger partial charge in [-0.25, -0.2) is 0 Å². The lowest BCUT2D eigenvalue weighted by Crippen LogP contribution is -2.03. The third kappa shape index (κ3) is 4.54. The number of rotatable bonds is 7. The average Bonchev–Trinajstić information content (AvgIpc) is 2.64. The minimum absolute atomic E-state index is 0.00129.